The van der Waals surface area contributed by atoms with E-state index in [-0.39, 0.29) is 11.3 Å². The zero-order valence-corrected chi connectivity index (χ0v) is 16.3. The summed E-state index contributed by atoms with van der Waals surface area (Å²) in [5.74, 6) is -4.42. The molecule has 1 fully saturated rings. The lowest BCUT2D eigenvalue weighted by molar-refractivity contribution is -0.164. The lowest BCUT2D eigenvalue weighted by Crippen LogP contribution is -2.62. The smallest absolute Gasteiger partial charge is 0.194 e. The van der Waals surface area contributed by atoms with Crippen molar-refractivity contribution in [2.24, 2.45) is 5.73 Å². The summed E-state index contributed by atoms with van der Waals surface area (Å²) in [5.41, 5.74) is 4.67. The van der Waals surface area contributed by atoms with Gasteiger partial charge < -0.3 is 31.1 Å². The molecule has 7 nitrogen and oxygen atoms in total. The monoisotopic (exact) mass is 443 g/mol. The van der Waals surface area contributed by atoms with Gasteiger partial charge in [-0.3, -0.25) is 4.98 Å². The molecule has 30 heavy (non-hydrogen) atoms. The van der Waals surface area contributed by atoms with Gasteiger partial charge in [-0.15, -0.1) is 0 Å². The van der Waals surface area contributed by atoms with Crippen LogP contribution in [0.25, 0.3) is 5.70 Å². The third kappa shape index (κ3) is 4.87. The van der Waals surface area contributed by atoms with Gasteiger partial charge >= 0.3 is 0 Å². The van der Waals surface area contributed by atoms with Crippen molar-refractivity contribution >= 4 is 17.5 Å². The summed E-state index contributed by atoms with van der Waals surface area (Å²) in [5, 5.41) is 33.3. The zero-order chi connectivity index (χ0) is 21.8. The van der Waals surface area contributed by atoms with Crippen LogP contribution in [0.4, 0.5) is 13.2 Å². The standard InChI is InChI=1S/C19H20F3N3O4S/c20-11-5-9(6-12(21)15(11)22)13(23)7-25-16-17(27)14(8-26)29-19(18(16)28)30-10-1-3-24-4-2-10/h1-7,14,16-19,25-28H,8,23H2/b13-7-. The summed E-state index contributed by atoms with van der Waals surface area (Å²) in [6.07, 6.45) is 0.709. The first-order valence-corrected chi connectivity index (χ1v) is 9.75. The van der Waals surface area contributed by atoms with E-state index in [2.05, 4.69) is 10.3 Å². The van der Waals surface area contributed by atoms with E-state index in [1.54, 1.807) is 24.5 Å². The summed E-state index contributed by atoms with van der Waals surface area (Å²) < 4.78 is 45.6. The molecular weight excluding hydrogens is 423 g/mol. The summed E-state index contributed by atoms with van der Waals surface area (Å²) >= 11 is 1.17. The molecule has 5 atom stereocenters. The molecule has 1 aliphatic heterocycles. The van der Waals surface area contributed by atoms with Crippen LogP contribution in [0.15, 0.2) is 47.8 Å². The highest BCUT2D eigenvalue weighted by Gasteiger charge is 2.44. The Morgan fingerprint density at radius 3 is 2.40 bits per heavy atom. The number of hydrogen-bond donors (Lipinski definition) is 5. The molecule has 1 saturated heterocycles. The van der Waals surface area contributed by atoms with Crippen molar-refractivity contribution in [3.63, 3.8) is 0 Å². The van der Waals surface area contributed by atoms with Crippen molar-refractivity contribution in [1.82, 2.24) is 10.3 Å². The van der Waals surface area contributed by atoms with Gasteiger partial charge in [0.15, 0.2) is 17.5 Å². The van der Waals surface area contributed by atoms with Crippen LogP contribution in [0, 0.1) is 17.5 Å². The van der Waals surface area contributed by atoms with Gasteiger partial charge in [-0.25, -0.2) is 13.2 Å². The van der Waals surface area contributed by atoms with Gasteiger partial charge in [0.2, 0.25) is 0 Å². The van der Waals surface area contributed by atoms with Gasteiger partial charge in [-0.1, -0.05) is 11.8 Å². The molecule has 1 aromatic carbocycles. The largest absolute Gasteiger partial charge is 0.397 e. The first-order valence-electron chi connectivity index (χ1n) is 8.87. The molecule has 3 rings (SSSR count). The molecule has 2 heterocycles. The first kappa shape index (κ1) is 22.4. The molecule has 0 radical (unpaired) electrons. The van der Waals surface area contributed by atoms with Gasteiger partial charge in [0.25, 0.3) is 0 Å². The molecule has 0 bridgehead atoms. The quantitative estimate of drug-likeness (QED) is 0.419. The maximum absolute atomic E-state index is 13.4. The van der Waals surface area contributed by atoms with E-state index in [1.807, 2.05) is 0 Å². The number of nitrogens with one attached hydrogen (secondary N) is 1. The van der Waals surface area contributed by atoms with Crippen LogP contribution in [0.1, 0.15) is 5.56 Å². The number of pyridine rings is 1. The predicted octanol–water partition coefficient (Wildman–Crippen LogP) is 0.946. The van der Waals surface area contributed by atoms with E-state index in [0.29, 0.717) is 0 Å². The number of rotatable bonds is 6. The normalized spacial score (nSPS) is 27.1. The van der Waals surface area contributed by atoms with Crippen molar-refractivity contribution in [3.05, 3.63) is 65.9 Å². The van der Waals surface area contributed by atoms with E-state index >= 15 is 0 Å². The second-order valence-electron chi connectivity index (χ2n) is 6.55. The molecule has 0 spiro atoms. The van der Waals surface area contributed by atoms with Crippen molar-refractivity contribution in [1.29, 1.82) is 0 Å². The maximum atomic E-state index is 13.4. The molecule has 0 aliphatic carbocycles. The Kier molecular flexibility index (Phi) is 7.21. The van der Waals surface area contributed by atoms with Crippen LogP contribution >= 0.6 is 11.8 Å². The zero-order valence-electron chi connectivity index (χ0n) is 15.5. The molecule has 0 amide bonds. The number of aliphatic hydroxyl groups is 3. The molecule has 1 aliphatic rings. The summed E-state index contributed by atoms with van der Waals surface area (Å²) in [6, 6.07) is 3.84. The van der Waals surface area contributed by atoms with Crippen LogP contribution in [-0.4, -0.2) is 56.7 Å². The van der Waals surface area contributed by atoms with Gasteiger partial charge in [0, 0.05) is 29.1 Å². The fourth-order valence-corrected chi connectivity index (χ4v) is 3.98. The van der Waals surface area contributed by atoms with Crippen LogP contribution in [-0.2, 0) is 4.74 Å². The highest BCUT2D eigenvalue weighted by molar-refractivity contribution is 7.99. The average molecular weight is 443 g/mol. The van der Waals surface area contributed by atoms with Crippen molar-refractivity contribution in [2.75, 3.05) is 6.61 Å². The average Bonchev–Trinajstić information content (AvgIpc) is 2.74. The number of hydrogen-bond acceptors (Lipinski definition) is 8. The summed E-state index contributed by atoms with van der Waals surface area (Å²) in [7, 11) is 0. The highest BCUT2D eigenvalue weighted by Crippen LogP contribution is 2.33. The Labute approximate surface area is 174 Å². The maximum Gasteiger partial charge on any atom is 0.194 e. The van der Waals surface area contributed by atoms with Crippen LogP contribution in [0.5, 0.6) is 0 Å². The number of thioether (sulfide) groups is 1. The van der Waals surface area contributed by atoms with Crippen molar-refractivity contribution in [2.45, 2.75) is 34.7 Å². The van der Waals surface area contributed by atoms with Crippen molar-refractivity contribution in [3.8, 4) is 0 Å². The third-order valence-electron chi connectivity index (χ3n) is 4.53. The second kappa shape index (κ2) is 9.67. The number of aliphatic hydroxyl groups excluding tert-OH is 3. The summed E-state index contributed by atoms with van der Waals surface area (Å²) in [6.45, 7) is -0.507. The van der Waals surface area contributed by atoms with Gasteiger partial charge in [0.1, 0.15) is 23.7 Å². The molecule has 6 N–H and O–H groups in total. The second-order valence-corrected chi connectivity index (χ2v) is 7.73. The molecule has 162 valence electrons. The summed E-state index contributed by atoms with van der Waals surface area (Å²) in [4.78, 5) is 4.65. The number of nitrogens with zero attached hydrogens (tertiary/aromatic N) is 1. The number of aromatic nitrogens is 1. The number of ether oxygens (including phenoxy) is 1. The lowest BCUT2D eigenvalue weighted by atomic mass is 9.97. The Hall–Kier alpha value is -2.31. The third-order valence-corrected chi connectivity index (χ3v) is 5.70. The Balaban J connectivity index is 1.79. The van der Waals surface area contributed by atoms with Crippen LogP contribution in [0.3, 0.4) is 0 Å². The Bertz CT molecular complexity index is 883. The fourth-order valence-electron chi connectivity index (χ4n) is 2.92. The molecule has 1 aromatic heterocycles. The number of nitrogens with two attached hydrogens (primary N) is 1. The molecular formula is C19H20F3N3O4S. The van der Waals surface area contributed by atoms with Gasteiger partial charge in [-0.05, 0) is 24.3 Å². The molecule has 5 unspecified atom stereocenters. The van der Waals surface area contributed by atoms with Gasteiger partial charge in [-0.2, -0.15) is 0 Å². The number of halogens is 3. The first-order chi connectivity index (χ1) is 14.3. The van der Waals surface area contributed by atoms with E-state index < -0.39 is 53.8 Å². The Morgan fingerprint density at radius 2 is 1.80 bits per heavy atom. The number of benzene rings is 1. The van der Waals surface area contributed by atoms with Gasteiger partial charge in [0.05, 0.1) is 18.3 Å². The SMILES string of the molecule is N/C(=C\NC1C(O)C(CO)OC(Sc2ccncc2)C1O)c1cc(F)c(F)c(F)c1. The highest BCUT2D eigenvalue weighted by atomic mass is 32.2. The topological polar surface area (TPSA) is 121 Å². The minimum atomic E-state index is -1.61. The van der Waals surface area contributed by atoms with Crippen LogP contribution < -0.4 is 11.1 Å². The van der Waals surface area contributed by atoms with E-state index in [9.17, 15) is 28.5 Å². The predicted molar refractivity (Wildman–Crippen MR) is 103 cm³/mol. The van der Waals surface area contributed by atoms with Crippen molar-refractivity contribution < 1.29 is 33.2 Å². The lowest BCUT2D eigenvalue weighted by Gasteiger charge is -2.42. The molecule has 0 saturated carbocycles. The van der Waals surface area contributed by atoms with Crippen LogP contribution in [0.2, 0.25) is 0 Å². The van der Waals surface area contributed by atoms with E-state index in [0.717, 1.165) is 23.2 Å². The minimum Gasteiger partial charge on any atom is -0.397 e. The van der Waals surface area contributed by atoms with E-state index in [1.165, 1.54) is 11.8 Å². The molecule has 11 heteroatoms. The van der Waals surface area contributed by atoms with E-state index in [4.69, 9.17) is 10.5 Å². The Morgan fingerprint density at radius 1 is 1.17 bits per heavy atom. The minimum absolute atomic E-state index is 0.128. The molecule has 2 aromatic rings. The fraction of sp³-hybridized carbons (Fsp3) is 0.316.